The van der Waals surface area contributed by atoms with Gasteiger partial charge in [-0.2, -0.15) is 0 Å². The van der Waals surface area contributed by atoms with E-state index < -0.39 is 6.43 Å². The SMILES string of the molecule is COc1c(C(F)F)cc(CN)nc1N. The van der Waals surface area contributed by atoms with Crippen LogP contribution in [0.2, 0.25) is 0 Å². The van der Waals surface area contributed by atoms with Gasteiger partial charge in [0.15, 0.2) is 11.6 Å². The smallest absolute Gasteiger partial charge is 0.267 e. The molecule has 6 heteroatoms. The Morgan fingerprint density at radius 1 is 1.57 bits per heavy atom. The van der Waals surface area contributed by atoms with E-state index in [9.17, 15) is 8.78 Å². The second-order valence-corrected chi connectivity index (χ2v) is 2.63. The van der Waals surface area contributed by atoms with Crippen LogP contribution in [0.4, 0.5) is 14.6 Å². The topological polar surface area (TPSA) is 74.2 Å². The number of hydrogen-bond acceptors (Lipinski definition) is 4. The molecule has 0 spiro atoms. The Balaban J connectivity index is 3.28. The molecule has 0 aromatic carbocycles. The molecule has 0 saturated carbocycles. The Morgan fingerprint density at radius 3 is 2.64 bits per heavy atom. The van der Waals surface area contributed by atoms with Gasteiger partial charge in [-0.1, -0.05) is 0 Å². The summed E-state index contributed by atoms with van der Waals surface area (Å²) in [6.45, 7) is 0.0634. The minimum absolute atomic E-state index is 0.0634. The molecule has 0 aliphatic rings. The highest BCUT2D eigenvalue weighted by molar-refractivity contribution is 5.52. The average Bonchev–Trinajstić information content (AvgIpc) is 2.16. The van der Waals surface area contributed by atoms with Crippen molar-refractivity contribution >= 4 is 5.82 Å². The molecule has 1 aromatic heterocycles. The van der Waals surface area contributed by atoms with Gasteiger partial charge in [-0.3, -0.25) is 0 Å². The summed E-state index contributed by atoms with van der Waals surface area (Å²) < 4.78 is 29.7. The summed E-state index contributed by atoms with van der Waals surface area (Å²) in [4.78, 5) is 3.80. The fourth-order valence-corrected chi connectivity index (χ4v) is 1.12. The van der Waals surface area contributed by atoms with Gasteiger partial charge < -0.3 is 16.2 Å². The maximum absolute atomic E-state index is 12.5. The quantitative estimate of drug-likeness (QED) is 0.770. The Kier molecular flexibility index (Phi) is 3.19. The molecule has 0 fully saturated rings. The molecular weight excluding hydrogens is 192 g/mol. The summed E-state index contributed by atoms with van der Waals surface area (Å²) in [7, 11) is 1.27. The van der Waals surface area contributed by atoms with Gasteiger partial charge in [-0.15, -0.1) is 0 Å². The van der Waals surface area contributed by atoms with Crippen LogP contribution in [-0.4, -0.2) is 12.1 Å². The number of nitrogens with two attached hydrogens (primary N) is 2. The normalized spacial score (nSPS) is 10.6. The highest BCUT2D eigenvalue weighted by Gasteiger charge is 2.18. The van der Waals surface area contributed by atoms with Gasteiger partial charge in [-0.25, -0.2) is 13.8 Å². The van der Waals surface area contributed by atoms with Crippen LogP contribution in [-0.2, 0) is 6.54 Å². The number of methoxy groups -OCH3 is 1. The maximum Gasteiger partial charge on any atom is 0.267 e. The van der Waals surface area contributed by atoms with E-state index in [0.717, 1.165) is 0 Å². The van der Waals surface area contributed by atoms with Crippen molar-refractivity contribution in [1.82, 2.24) is 4.98 Å². The van der Waals surface area contributed by atoms with Crippen LogP contribution in [0, 0.1) is 0 Å². The zero-order valence-corrected chi connectivity index (χ0v) is 7.63. The number of nitrogen functional groups attached to an aromatic ring is 1. The first-order chi connectivity index (χ1) is 6.60. The molecule has 4 nitrogen and oxygen atoms in total. The first-order valence-corrected chi connectivity index (χ1v) is 3.91. The summed E-state index contributed by atoms with van der Waals surface area (Å²) in [5.74, 6) is -0.150. The molecule has 1 heterocycles. The first kappa shape index (κ1) is 10.6. The van der Waals surface area contributed by atoms with E-state index in [4.69, 9.17) is 16.2 Å². The molecule has 0 radical (unpaired) electrons. The van der Waals surface area contributed by atoms with Crippen molar-refractivity contribution in [2.24, 2.45) is 5.73 Å². The third-order valence-corrected chi connectivity index (χ3v) is 1.73. The minimum Gasteiger partial charge on any atom is -0.492 e. The van der Waals surface area contributed by atoms with E-state index in [-0.39, 0.29) is 23.7 Å². The van der Waals surface area contributed by atoms with E-state index in [1.54, 1.807) is 0 Å². The van der Waals surface area contributed by atoms with Crippen molar-refractivity contribution < 1.29 is 13.5 Å². The molecule has 0 atom stereocenters. The Hall–Kier alpha value is -1.43. The van der Waals surface area contributed by atoms with Crippen LogP contribution in [0.15, 0.2) is 6.07 Å². The monoisotopic (exact) mass is 203 g/mol. The van der Waals surface area contributed by atoms with Crippen LogP contribution in [0.5, 0.6) is 5.75 Å². The second kappa shape index (κ2) is 4.19. The van der Waals surface area contributed by atoms with Crippen molar-refractivity contribution in [3.05, 3.63) is 17.3 Å². The Labute approximate surface area is 79.9 Å². The molecule has 14 heavy (non-hydrogen) atoms. The number of halogens is 2. The van der Waals surface area contributed by atoms with Gasteiger partial charge in [0, 0.05) is 6.54 Å². The fraction of sp³-hybridized carbons (Fsp3) is 0.375. The number of alkyl halides is 2. The van der Waals surface area contributed by atoms with Gasteiger partial charge in [0.1, 0.15) is 0 Å². The third kappa shape index (κ3) is 1.90. The van der Waals surface area contributed by atoms with E-state index in [0.29, 0.717) is 5.69 Å². The van der Waals surface area contributed by atoms with Crippen molar-refractivity contribution in [3.63, 3.8) is 0 Å². The van der Waals surface area contributed by atoms with Crippen LogP contribution >= 0.6 is 0 Å². The maximum atomic E-state index is 12.5. The predicted octanol–water partition coefficient (Wildman–Crippen LogP) is 1.07. The number of aromatic nitrogens is 1. The summed E-state index contributed by atoms with van der Waals surface area (Å²) >= 11 is 0. The molecular formula is C8H11F2N3O. The number of rotatable bonds is 3. The Morgan fingerprint density at radius 2 is 2.21 bits per heavy atom. The van der Waals surface area contributed by atoms with Crippen molar-refractivity contribution in [2.75, 3.05) is 12.8 Å². The third-order valence-electron chi connectivity index (χ3n) is 1.73. The van der Waals surface area contributed by atoms with Crippen LogP contribution in [0.3, 0.4) is 0 Å². The summed E-state index contributed by atoms with van der Waals surface area (Å²) in [6, 6.07) is 1.19. The van der Waals surface area contributed by atoms with Gasteiger partial charge in [-0.05, 0) is 6.07 Å². The number of anilines is 1. The van der Waals surface area contributed by atoms with Crippen molar-refractivity contribution in [1.29, 1.82) is 0 Å². The average molecular weight is 203 g/mol. The molecule has 0 amide bonds. The zero-order valence-electron chi connectivity index (χ0n) is 7.63. The van der Waals surface area contributed by atoms with E-state index in [1.165, 1.54) is 13.2 Å². The van der Waals surface area contributed by atoms with Crippen LogP contribution < -0.4 is 16.2 Å². The van der Waals surface area contributed by atoms with Crippen molar-refractivity contribution in [3.8, 4) is 5.75 Å². The lowest BCUT2D eigenvalue weighted by Crippen LogP contribution is -2.07. The highest BCUT2D eigenvalue weighted by atomic mass is 19.3. The number of nitrogens with zero attached hydrogens (tertiary/aromatic N) is 1. The van der Waals surface area contributed by atoms with Gasteiger partial charge in [0.25, 0.3) is 6.43 Å². The standard InChI is InChI=1S/C8H11F2N3O/c1-14-6-5(7(9)10)2-4(3-11)13-8(6)12/h2,7H,3,11H2,1H3,(H2,12,13). The molecule has 0 bridgehead atoms. The largest absolute Gasteiger partial charge is 0.492 e. The van der Waals surface area contributed by atoms with Gasteiger partial charge in [0.2, 0.25) is 0 Å². The lowest BCUT2D eigenvalue weighted by atomic mass is 10.2. The first-order valence-electron chi connectivity index (χ1n) is 3.91. The highest BCUT2D eigenvalue weighted by Crippen LogP contribution is 2.33. The molecule has 1 aromatic rings. The van der Waals surface area contributed by atoms with E-state index in [1.807, 2.05) is 0 Å². The molecule has 0 saturated heterocycles. The van der Waals surface area contributed by atoms with E-state index in [2.05, 4.69) is 4.98 Å². The fourth-order valence-electron chi connectivity index (χ4n) is 1.12. The molecule has 4 N–H and O–H groups in total. The Bertz CT molecular complexity index is 331. The second-order valence-electron chi connectivity index (χ2n) is 2.63. The summed E-state index contributed by atoms with van der Waals surface area (Å²) in [6.07, 6.45) is -2.65. The number of hydrogen-bond donors (Lipinski definition) is 2. The summed E-state index contributed by atoms with van der Waals surface area (Å²) in [5, 5.41) is 0. The molecule has 78 valence electrons. The zero-order chi connectivity index (χ0) is 10.7. The number of ether oxygens (including phenoxy) is 1. The lowest BCUT2D eigenvalue weighted by molar-refractivity contribution is 0.147. The minimum atomic E-state index is -2.65. The molecule has 1 rings (SSSR count). The molecule has 0 aliphatic heterocycles. The molecule has 0 unspecified atom stereocenters. The van der Waals surface area contributed by atoms with Crippen molar-refractivity contribution in [2.45, 2.75) is 13.0 Å². The van der Waals surface area contributed by atoms with Crippen LogP contribution in [0.25, 0.3) is 0 Å². The van der Waals surface area contributed by atoms with E-state index >= 15 is 0 Å². The van der Waals surface area contributed by atoms with Crippen LogP contribution in [0.1, 0.15) is 17.7 Å². The number of pyridine rings is 1. The van der Waals surface area contributed by atoms with Gasteiger partial charge in [0.05, 0.1) is 18.4 Å². The van der Waals surface area contributed by atoms with Gasteiger partial charge >= 0.3 is 0 Å². The lowest BCUT2D eigenvalue weighted by Gasteiger charge is -2.11. The molecule has 0 aliphatic carbocycles. The predicted molar refractivity (Wildman–Crippen MR) is 48.0 cm³/mol. The summed E-state index contributed by atoms with van der Waals surface area (Å²) in [5.41, 5.74) is 10.7.